The predicted octanol–water partition coefficient (Wildman–Crippen LogP) is 4.97. The Kier molecular flexibility index (Phi) is 7.39. The van der Waals surface area contributed by atoms with Gasteiger partial charge in [0.15, 0.2) is 0 Å². The van der Waals surface area contributed by atoms with Crippen LogP contribution in [0.2, 0.25) is 5.02 Å². The fraction of sp³-hybridized carbons (Fsp3) is 0.400. The van der Waals surface area contributed by atoms with E-state index < -0.39 is 17.9 Å². The summed E-state index contributed by atoms with van der Waals surface area (Å²) in [6.07, 6.45) is 0.874. The van der Waals surface area contributed by atoms with Crippen LogP contribution in [0.4, 0.5) is 0 Å². The lowest BCUT2D eigenvalue weighted by Gasteiger charge is -2.36. The Labute approximate surface area is 169 Å². The van der Waals surface area contributed by atoms with Crippen molar-refractivity contribution in [2.45, 2.75) is 39.0 Å². The van der Waals surface area contributed by atoms with Gasteiger partial charge in [0.1, 0.15) is 0 Å². The number of methoxy groups -OCH3 is 1. The molecule has 1 aromatic rings. The van der Waals surface area contributed by atoms with E-state index in [9.17, 15) is 9.59 Å². The second-order valence-corrected chi connectivity index (χ2v) is 7.51. The molecule has 0 spiro atoms. The van der Waals surface area contributed by atoms with Gasteiger partial charge in [-0.2, -0.15) is 0 Å². The first-order chi connectivity index (χ1) is 12.8. The summed E-state index contributed by atoms with van der Waals surface area (Å²) in [4.78, 5) is 27.9. The summed E-state index contributed by atoms with van der Waals surface area (Å²) in [5.41, 5.74) is 2.57. The summed E-state index contributed by atoms with van der Waals surface area (Å²) in [5, 5.41) is 0.615. The molecule has 2 rings (SSSR count). The van der Waals surface area contributed by atoms with Gasteiger partial charge in [-0.15, -0.1) is 0 Å². The topological polar surface area (TPSA) is 55.8 Å². The Morgan fingerprint density at radius 2 is 1.67 bits per heavy atom. The molecule has 0 saturated carbocycles. The van der Waals surface area contributed by atoms with Crippen LogP contribution in [-0.4, -0.2) is 30.5 Å². The van der Waals surface area contributed by atoms with E-state index in [2.05, 4.69) is 0 Å². The predicted molar refractivity (Wildman–Crippen MR) is 107 cm³/mol. The molecule has 0 bridgehead atoms. The van der Waals surface area contributed by atoms with Crippen LogP contribution in [0.1, 0.15) is 34.1 Å². The van der Waals surface area contributed by atoms with Crippen LogP contribution in [0.5, 0.6) is 0 Å². The van der Waals surface area contributed by atoms with Gasteiger partial charge < -0.3 is 13.8 Å². The average Bonchev–Trinajstić information content (AvgIpc) is 2.64. The van der Waals surface area contributed by atoms with Crippen LogP contribution in [0.3, 0.4) is 0 Å². The van der Waals surface area contributed by atoms with Crippen LogP contribution in [0.15, 0.2) is 51.7 Å². The molecule has 146 valence electrons. The van der Waals surface area contributed by atoms with E-state index >= 15 is 0 Å². The first-order valence-electron chi connectivity index (χ1n) is 8.73. The number of carbonyl (C=O) groups excluding carboxylic acids is 2. The van der Waals surface area contributed by atoms with Gasteiger partial charge in [0.25, 0.3) is 0 Å². The minimum Gasteiger partial charge on any atom is -0.466 e. The third kappa shape index (κ3) is 4.68. The largest absolute Gasteiger partial charge is 0.466 e. The zero-order valence-corrected chi connectivity index (χ0v) is 17.7. The molecule has 0 amide bonds. The van der Waals surface area contributed by atoms with Gasteiger partial charge in [-0.25, -0.2) is 9.59 Å². The summed E-state index contributed by atoms with van der Waals surface area (Å²) in [5.74, 6) is -1.30. The molecule has 1 aliphatic rings. The Morgan fingerprint density at radius 3 is 2.19 bits per heavy atom. The average molecular weight is 410 g/mol. The van der Waals surface area contributed by atoms with Gasteiger partial charge in [0.2, 0.25) is 0 Å². The Hall–Kier alpha value is -1.92. The molecular weight excluding hydrogens is 386 g/mol. The fourth-order valence-corrected chi connectivity index (χ4v) is 3.89. The van der Waals surface area contributed by atoms with Crippen molar-refractivity contribution in [1.29, 1.82) is 0 Å². The summed E-state index contributed by atoms with van der Waals surface area (Å²) < 4.78 is 10.4. The maximum Gasteiger partial charge on any atom is 0.348 e. The molecule has 0 radical (unpaired) electrons. The molecule has 1 unspecified atom stereocenters. The first-order valence-corrected chi connectivity index (χ1v) is 9.85. The van der Waals surface area contributed by atoms with Crippen molar-refractivity contribution in [3.05, 3.63) is 51.8 Å². The standard InChI is InChI=1S/C20H24ClNO4S/c1-6-11-22-13(3)17(19(23)25-5)12(2)18(14(22)4)20(24)26-27-16-9-7-15(21)8-10-16/h7-10,12H,6,11H2,1-5H3. The molecule has 0 aliphatic carbocycles. The molecule has 0 N–H and O–H groups in total. The van der Waals surface area contributed by atoms with Crippen molar-refractivity contribution < 1.29 is 18.5 Å². The number of hydrogen-bond acceptors (Lipinski definition) is 6. The van der Waals surface area contributed by atoms with E-state index in [1.807, 2.05) is 32.6 Å². The van der Waals surface area contributed by atoms with Gasteiger partial charge in [-0.1, -0.05) is 25.4 Å². The number of esters is 1. The van der Waals surface area contributed by atoms with Crippen LogP contribution >= 0.6 is 23.6 Å². The van der Waals surface area contributed by atoms with E-state index in [-0.39, 0.29) is 0 Å². The second kappa shape index (κ2) is 9.33. The Morgan fingerprint density at radius 1 is 1.11 bits per heavy atom. The molecule has 0 fully saturated rings. The van der Waals surface area contributed by atoms with Crippen LogP contribution in [-0.2, 0) is 18.5 Å². The highest BCUT2D eigenvalue weighted by Crippen LogP contribution is 2.37. The summed E-state index contributed by atoms with van der Waals surface area (Å²) in [6, 6.07) is 7.02. The molecule has 1 atom stereocenters. The number of rotatable bonds is 6. The van der Waals surface area contributed by atoms with Crippen molar-refractivity contribution in [1.82, 2.24) is 4.90 Å². The number of carbonyl (C=O) groups is 2. The Balaban J connectivity index is 2.29. The monoisotopic (exact) mass is 409 g/mol. The Bertz CT molecular complexity index is 786. The summed E-state index contributed by atoms with van der Waals surface area (Å²) in [6.45, 7) is 8.34. The lowest BCUT2D eigenvalue weighted by atomic mass is 9.86. The van der Waals surface area contributed by atoms with E-state index in [1.54, 1.807) is 24.3 Å². The maximum absolute atomic E-state index is 12.8. The van der Waals surface area contributed by atoms with Crippen molar-refractivity contribution >= 4 is 35.6 Å². The highest BCUT2D eigenvalue weighted by atomic mass is 35.5. The molecule has 1 heterocycles. The lowest BCUT2D eigenvalue weighted by molar-refractivity contribution is -0.136. The molecule has 0 saturated heterocycles. The second-order valence-electron chi connectivity index (χ2n) is 6.27. The third-order valence-corrected chi connectivity index (χ3v) is 5.51. The van der Waals surface area contributed by atoms with E-state index in [1.165, 1.54) is 7.11 Å². The van der Waals surface area contributed by atoms with Crippen LogP contribution in [0.25, 0.3) is 0 Å². The summed E-state index contributed by atoms with van der Waals surface area (Å²) in [7, 11) is 1.35. The van der Waals surface area contributed by atoms with Gasteiger partial charge in [0.05, 0.1) is 30.3 Å². The third-order valence-electron chi connectivity index (χ3n) is 4.56. The zero-order chi connectivity index (χ0) is 20.1. The van der Waals surface area contributed by atoms with Gasteiger partial charge in [-0.3, -0.25) is 0 Å². The van der Waals surface area contributed by atoms with Gasteiger partial charge >= 0.3 is 11.9 Å². The molecule has 27 heavy (non-hydrogen) atoms. The van der Waals surface area contributed by atoms with E-state index in [0.717, 1.165) is 34.8 Å². The number of nitrogens with zero attached hydrogens (tertiary/aromatic N) is 1. The van der Waals surface area contributed by atoms with Crippen molar-refractivity contribution in [2.75, 3.05) is 13.7 Å². The minimum absolute atomic E-state index is 0.413. The van der Waals surface area contributed by atoms with Crippen LogP contribution < -0.4 is 0 Å². The van der Waals surface area contributed by atoms with Crippen molar-refractivity contribution in [3.8, 4) is 0 Å². The number of halogens is 1. The number of benzene rings is 1. The zero-order valence-electron chi connectivity index (χ0n) is 16.2. The van der Waals surface area contributed by atoms with Gasteiger partial charge in [-0.05, 0) is 44.5 Å². The lowest BCUT2D eigenvalue weighted by Crippen LogP contribution is -2.35. The maximum atomic E-state index is 12.8. The molecule has 7 heteroatoms. The van der Waals surface area contributed by atoms with Crippen LogP contribution in [0, 0.1) is 5.92 Å². The van der Waals surface area contributed by atoms with Crippen molar-refractivity contribution in [3.63, 3.8) is 0 Å². The van der Waals surface area contributed by atoms with E-state index in [0.29, 0.717) is 22.7 Å². The molecular formula is C20H24ClNO4S. The summed E-state index contributed by atoms with van der Waals surface area (Å²) >= 11 is 6.85. The molecule has 1 aromatic carbocycles. The molecule has 5 nitrogen and oxygen atoms in total. The van der Waals surface area contributed by atoms with Gasteiger partial charge in [0, 0.05) is 33.8 Å². The normalized spacial score (nSPS) is 17.3. The number of ether oxygens (including phenoxy) is 1. The highest BCUT2D eigenvalue weighted by molar-refractivity contribution is 7.95. The SMILES string of the molecule is CCCN1C(C)=C(C(=O)OC)C(C)C(C(=O)OSc2ccc(Cl)cc2)=C1C. The quantitative estimate of drug-likeness (QED) is 0.488. The van der Waals surface area contributed by atoms with E-state index in [4.69, 9.17) is 20.5 Å². The highest BCUT2D eigenvalue weighted by Gasteiger charge is 2.36. The number of hydrogen-bond donors (Lipinski definition) is 0. The first kappa shape index (κ1) is 21.4. The van der Waals surface area contributed by atoms with Crippen molar-refractivity contribution in [2.24, 2.45) is 5.92 Å². The molecule has 1 aliphatic heterocycles. The number of allylic oxidation sites excluding steroid dienone is 2. The smallest absolute Gasteiger partial charge is 0.348 e. The fourth-order valence-electron chi connectivity index (χ4n) is 3.25. The molecule has 0 aromatic heterocycles. The minimum atomic E-state index is -0.463.